The van der Waals surface area contributed by atoms with Gasteiger partial charge in [0.25, 0.3) is 0 Å². The molecule has 84 valence electrons. The summed E-state index contributed by atoms with van der Waals surface area (Å²) in [5.41, 5.74) is 2.15. The molecule has 0 atom stereocenters. The van der Waals surface area contributed by atoms with Crippen LogP contribution >= 0.6 is 34.5 Å². The van der Waals surface area contributed by atoms with Crippen LogP contribution in [-0.4, -0.2) is 0 Å². The number of ether oxygens (including phenoxy) is 1. The predicted molar refractivity (Wildman–Crippen MR) is 69.7 cm³/mol. The van der Waals surface area contributed by atoms with Gasteiger partial charge in [-0.05, 0) is 40.1 Å². The van der Waals surface area contributed by atoms with E-state index >= 15 is 0 Å². The van der Waals surface area contributed by atoms with Gasteiger partial charge in [-0.2, -0.15) is 11.3 Å². The zero-order chi connectivity index (χ0) is 11.4. The Labute approximate surface area is 109 Å². The summed E-state index contributed by atoms with van der Waals surface area (Å²) in [5, 5.41) is 4.69. The Kier molecular flexibility index (Phi) is 4.10. The molecule has 2 aromatic rings. The van der Waals surface area contributed by atoms with Crippen LogP contribution in [0.2, 0.25) is 5.02 Å². The third-order valence-electron chi connectivity index (χ3n) is 2.13. The Hall–Kier alpha value is -0.700. The first-order chi connectivity index (χ1) is 7.79. The van der Waals surface area contributed by atoms with Gasteiger partial charge in [0, 0.05) is 5.88 Å². The predicted octanol–water partition coefficient (Wildman–Crippen LogP) is 4.72. The maximum absolute atomic E-state index is 6.07. The van der Waals surface area contributed by atoms with Gasteiger partial charge in [0.2, 0.25) is 0 Å². The van der Waals surface area contributed by atoms with Crippen LogP contribution in [0.4, 0.5) is 0 Å². The minimum absolute atomic E-state index is 0.463. The van der Waals surface area contributed by atoms with Crippen molar-refractivity contribution in [3.8, 4) is 5.75 Å². The molecular formula is C12H10Cl2OS. The number of benzene rings is 1. The van der Waals surface area contributed by atoms with Crippen molar-refractivity contribution in [2.45, 2.75) is 12.5 Å². The van der Waals surface area contributed by atoms with Crippen LogP contribution < -0.4 is 4.74 Å². The largest absolute Gasteiger partial charge is 0.487 e. The minimum atomic E-state index is 0.463. The number of hydrogen-bond acceptors (Lipinski definition) is 2. The summed E-state index contributed by atoms with van der Waals surface area (Å²) < 4.78 is 5.61. The summed E-state index contributed by atoms with van der Waals surface area (Å²) in [6, 6.07) is 7.64. The van der Waals surface area contributed by atoms with Crippen molar-refractivity contribution in [1.82, 2.24) is 0 Å². The third-order valence-corrected chi connectivity index (χ3v) is 3.46. The molecule has 0 fully saturated rings. The van der Waals surface area contributed by atoms with Crippen molar-refractivity contribution >= 4 is 34.5 Å². The standard InChI is InChI=1S/C12H10Cl2OS/c13-6-9-1-2-12(11(14)5-9)15-7-10-3-4-16-8-10/h1-5,8H,6-7H2. The molecule has 0 radical (unpaired) electrons. The van der Waals surface area contributed by atoms with E-state index in [4.69, 9.17) is 27.9 Å². The molecule has 0 aliphatic rings. The second-order valence-electron chi connectivity index (χ2n) is 3.32. The molecule has 0 unspecified atom stereocenters. The quantitative estimate of drug-likeness (QED) is 0.732. The average molecular weight is 273 g/mol. The van der Waals surface area contributed by atoms with Gasteiger partial charge >= 0.3 is 0 Å². The maximum atomic E-state index is 6.07. The van der Waals surface area contributed by atoms with Crippen LogP contribution in [0, 0.1) is 0 Å². The molecule has 1 heterocycles. The van der Waals surface area contributed by atoms with Crippen LogP contribution in [0.25, 0.3) is 0 Å². The Bertz CT molecular complexity index is 454. The van der Waals surface area contributed by atoms with E-state index in [9.17, 15) is 0 Å². The molecule has 4 heteroatoms. The van der Waals surface area contributed by atoms with Crippen LogP contribution in [0.5, 0.6) is 5.75 Å². The Morgan fingerprint density at radius 3 is 2.69 bits per heavy atom. The first-order valence-corrected chi connectivity index (χ1v) is 6.63. The van der Waals surface area contributed by atoms with E-state index in [-0.39, 0.29) is 0 Å². The van der Waals surface area contributed by atoms with E-state index in [2.05, 4.69) is 5.38 Å². The van der Waals surface area contributed by atoms with Crippen LogP contribution in [-0.2, 0) is 12.5 Å². The number of rotatable bonds is 4. The van der Waals surface area contributed by atoms with Gasteiger partial charge in [0.1, 0.15) is 12.4 Å². The molecule has 0 N–H and O–H groups in total. The Balaban J connectivity index is 2.04. The van der Waals surface area contributed by atoms with Gasteiger partial charge in [0.05, 0.1) is 5.02 Å². The molecule has 1 aromatic heterocycles. The highest BCUT2D eigenvalue weighted by atomic mass is 35.5. The van der Waals surface area contributed by atoms with Gasteiger partial charge in [-0.3, -0.25) is 0 Å². The molecular weight excluding hydrogens is 263 g/mol. The second-order valence-corrected chi connectivity index (χ2v) is 4.77. The molecule has 2 rings (SSSR count). The van der Waals surface area contributed by atoms with Crippen molar-refractivity contribution in [3.05, 3.63) is 51.2 Å². The zero-order valence-corrected chi connectivity index (χ0v) is 10.8. The van der Waals surface area contributed by atoms with Crippen LogP contribution in [0.1, 0.15) is 11.1 Å². The number of hydrogen-bond donors (Lipinski definition) is 0. The maximum Gasteiger partial charge on any atom is 0.138 e. The van der Waals surface area contributed by atoms with Crippen molar-refractivity contribution in [2.24, 2.45) is 0 Å². The van der Waals surface area contributed by atoms with Gasteiger partial charge in [0.15, 0.2) is 0 Å². The molecule has 0 saturated heterocycles. The lowest BCUT2D eigenvalue weighted by atomic mass is 10.2. The Morgan fingerprint density at radius 1 is 1.19 bits per heavy atom. The van der Waals surface area contributed by atoms with Crippen molar-refractivity contribution < 1.29 is 4.74 Å². The van der Waals surface area contributed by atoms with E-state index in [0.29, 0.717) is 23.3 Å². The van der Waals surface area contributed by atoms with E-state index in [1.165, 1.54) is 0 Å². The highest BCUT2D eigenvalue weighted by Gasteiger charge is 2.03. The fourth-order valence-corrected chi connectivity index (χ4v) is 2.36. The molecule has 1 nitrogen and oxygen atoms in total. The van der Waals surface area contributed by atoms with Gasteiger partial charge < -0.3 is 4.74 Å². The lowest BCUT2D eigenvalue weighted by Crippen LogP contribution is -1.94. The zero-order valence-electron chi connectivity index (χ0n) is 8.45. The molecule has 0 amide bonds. The summed E-state index contributed by atoms with van der Waals surface area (Å²) in [5.74, 6) is 1.16. The first-order valence-electron chi connectivity index (χ1n) is 4.78. The highest BCUT2D eigenvalue weighted by molar-refractivity contribution is 7.07. The van der Waals surface area contributed by atoms with Gasteiger partial charge in [-0.15, -0.1) is 11.6 Å². The number of alkyl halides is 1. The highest BCUT2D eigenvalue weighted by Crippen LogP contribution is 2.27. The van der Waals surface area contributed by atoms with E-state index in [0.717, 1.165) is 11.1 Å². The lowest BCUT2D eigenvalue weighted by Gasteiger charge is -2.07. The van der Waals surface area contributed by atoms with Crippen LogP contribution in [0.3, 0.4) is 0 Å². The number of halogens is 2. The topological polar surface area (TPSA) is 9.23 Å². The molecule has 0 saturated carbocycles. The molecule has 16 heavy (non-hydrogen) atoms. The molecule has 0 aliphatic carbocycles. The molecule has 1 aromatic carbocycles. The minimum Gasteiger partial charge on any atom is -0.487 e. The normalized spacial score (nSPS) is 10.4. The average Bonchev–Trinajstić information content (AvgIpc) is 2.80. The lowest BCUT2D eigenvalue weighted by molar-refractivity contribution is 0.307. The second kappa shape index (κ2) is 5.58. The van der Waals surface area contributed by atoms with E-state index in [1.54, 1.807) is 11.3 Å². The Morgan fingerprint density at radius 2 is 2.06 bits per heavy atom. The SMILES string of the molecule is ClCc1ccc(OCc2ccsc2)c(Cl)c1. The smallest absolute Gasteiger partial charge is 0.138 e. The summed E-state index contributed by atoms with van der Waals surface area (Å²) in [6.45, 7) is 0.545. The molecule has 0 spiro atoms. The number of thiophene rings is 1. The third kappa shape index (κ3) is 2.91. The van der Waals surface area contributed by atoms with Gasteiger partial charge in [-0.25, -0.2) is 0 Å². The fraction of sp³-hybridized carbons (Fsp3) is 0.167. The monoisotopic (exact) mass is 272 g/mol. The van der Waals surface area contributed by atoms with E-state index < -0.39 is 0 Å². The van der Waals surface area contributed by atoms with Crippen molar-refractivity contribution in [1.29, 1.82) is 0 Å². The summed E-state index contributed by atoms with van der Waals surface area (Å²) >= 11 is 13.4. The van der Waals surface area contributed by atoms with E-state index in [1.807, 2.05) is 29.6 Å². The van der Waals surface area contributed by atoms with Crippen molar-refractivity contribution in [3.63, 3.8) is 0 Å². The first kappa shape index (κ1) is 11.8. The summed E-state index contributed by atoms with van der Waals surface area (Å²) in [4.78, 5) is 0. The van der Waals surface area contributed by atoms with Gasteiger partial charge in [-0.1, -0.05) is 17.7 Å². The van der Waals surface area contributed by atoms with Crippen LogP contribution in [0.15, 0.2) is 35.0 Å². The molecule has 0 aliphatic heterocycles. The summed E-state index contributed by atoms with van der Waals surface area (Å²) in [6.07, 6.45) is 0. The molecule has 0 bridgehead atoms. The fourth-order valence-electron chi connectivity index (χ4n) is 1.28. The van der Waals surface area contributed by atoms with Crippen molar-refractivity contribution in [2.75, 3.05) is 0 Å². The summed E-state index contributed by atoms with van der Waals surface area (Å²) in [7, 11) is 0.